The van der Waals surface area contributed by atoms with E-state index < -0.39 is 23.5 Å². The molecule has 3 N–H and O–H groups in total. The standard InChI is InChI=1S/C11H22N2O4/c1-5-17-7-6-12-10(16)13-8(9(14)15)11(2,3)4/h8H,5-7H2,1-4H3,(H,14,15)(H2,12,13,16). The Hall–Kier alpha value is -1.30. The number of aliphatic carboxylic acids is 1. The van der Waals surface area contributed by atoms with Gasteiger partial charge >= 0.3 is 12.0 Å². The van der Waals surface area contributed by atoms with E-state index in [2.05, 4.69) is 10.6 Å². The summed E-state index contributed by atoms with van der Waals surface area (Å²) in [4.78, 5) is 22.4. The number of carbonyl (C=O) groups is 2. The van der Waals surface area contributed by atoms with Gasteiger partial charge in [0.05, 0.1) is 6.61 Å². The van der Waals surface area contributed by atoms with Crippen molar-refractivity contribution in [3.8, 4) is 0 Å². The maximum atomic E-state index is 11.4. The van der Waals surface area contributed by atoms with Crippen LogP contribution in [0.4, 0.5) is 4.79 Å². The summed E-state index contributed by atoms with van der Waals surface area (Å²) >= 11 is 0. The summed E-state index contributed by atoms with van der Waals surface area (Å²) in [7, 11) is 0. The van der Waals surface area contributed by atoms with Crippen molar-refractivity contribution in [1.29, 1.82) is 0 Å². The smallest absolute Gasteiger partial charge is 0.326 e. The van der Waals surface area contributed by atoms with Gasteiger partial charge in [0.2, 0.25) is 0 Å². The summed E-state index contributed by atoms with van der Waals surface area (Å²) in [5.41, 5.74) is -0.539. The van der Waals surface area contributed by atoms with Crippen molar-refractivity contribution in [2.24, 2.45) is 5.41 Å². The number of hydrogen-bond donors (Lipinski definition) is 3. The fourth-order valence-electron chi connectivity index (χ4n) is 1.21. The van der Waals surface area contributed by atoms with E-state index in [0.717, 1.165) is 0 Å². The lowest BCUT2D eigenvalue weighted by molar-refractivity contribution is -0.141. The zero-order valence-corrected chi connectivity index (χ0v) is 10.9. The van der Waals surface area contributed by atoms with Crippen molar-refractivity contribution in [3.63, 3.8) is 0 Å². The van der Waals surface area contributed by atoms with Gasteiger partial charge in [0, 0.05) is 13.2 Å². The molecule has 0 saturated carbocycles. The number of carboxylic acids is 1. The van der Waals surface area contributed by atoms with E-state index in [-0.39, 0.29) is 0 Å². The van der Waals surface area contributed by atoms with Crippen molar-refractivity contribution in [1.82, 2.24) is 10.6 Å². The van der Waals surface area contributed by atoms with Crippen LogP contribution in [0.2, 0.25) is 0 Å². The molecule has 6 heteroatoms. The molecule has 2 amide bonds. The molecule has 17 heavy (non-hydrogen) atoms. The maximum absolute atomic E-state index is 11.4. The molecule has 0 radical (unpaired) electrons. The highest BCUT2D eigenvalue weighted by atomic mass is 16.5. The molecule has 0 bridgehead atoms. The minimum absolute atomic E-state index is 0.357. The Morgan fingerprint density at radius 1 is 1.35 bits per heavy atom. The first kappa shape index (κ1) is 15.7. The van der Waals surface area contributed by atoms with E-state index in [0.29, 0.717) is 19.8 Å². The van der Waals surface area contributed by atoms with Gasteiger partial charge in [-0.1, -0.05) is 20.8 Å². The van der Waals surface area contributed by atoms with Crippen LogP contribution in [0, 0.1) is 5.41 Å². The molecule has 0 saturated heterocycles. The van der Waals surface area contributed by atoms with Gasteiger partial charge in [-0.3, -0.25) is 0 Å². The van der Waals surface area contributed by atoms with Crippen molar-refractivity contribution in [2.75, 3.05) is 19.8 Å². The van der Waals surface area contributed by atoms with Crippen molar-refractivity contribution in [2.45, 2.75) is 33.7 Å². The lowest BCUT2D eigenvalue weighted by Gasteiger charge is -2.27. The Bertz CT molecular complexity index is 261. The second-order valence-electron chi connectivity index (χ2n) is 4.73. The maximum Gasteiger partial charge on any atom is 0.326 e. The summed E-state index contributed by atoms with van der Waals surface area (Å²) < 4.78 is 5.04. The molecule has 1 atom stereocenters. The molecule has 0 aliphatic heterocycles. The Morgan fingerprint density at radius 3 is 2.35 bits per heavy atom. The summed E-state index contributed by atoms with van der Waals surface area (Å²) in [6.45, 7) is 8.49. The normalized spacial score (nSPS) is 12.9. The van der Waals surface area contributed by atoms with Gasteiger partial charge in [-0.15, -0.1) is 0 Å². The highest BCUT2D eigenvalue weighted by Gasteiger charge is 2.32. The first-order valence-electron chi connectivity index (χ1n) is 5.64. The SMILES string of the molecule is CCOCCNC(=O)NC(C(=O)O)C(C)(C)C. The summed E-state index contributed by atoms with van der Waals surface area (Å²) in [6, 6.07) is -1.42. The van der Waals surface area contributed by atoms with Gasteiger partial charge in [0.15, 0.2) is 0 Å². The van der Waals surface area contributed by atoms with Crippen molar-refractivity contribution >= 4 is 12.0 Å². The van der Waals surface area contributed by atoms with E-state index >= 15 is 0 Å². The van der Waals surface area contributed by atoms with E-state index in [1.54, 1.807) is 20.8 Å². The topological polar surface area (TPSA) is 87.7 Å². The number of nitrogens with one attached hydrogen (secondary N) is 2. The number of carbonyl (C=O) groups excluding carboxylic acids is 1. The van der Waals surface area contributed by atoms with Gasteiger partial charge in [-0.2, -0.15) is 0 Å². The van der Waals surface area contributed by atoms with Gasteiger partial charge in [-0.05, 0) is 12.3 Å². The van der Waals surface area contributed by atoms with Crippen molar-refractivity contribution < 1.29 is 19.4 Å². The molecule has 0 aliphatic carbocycles. The summed E-state index contributed by atoms with van der Waals surface area (Å²) in [5, 5.41) is 14.0. The van der Waals surface area contributed by atoms with Gasteiger partial charge in [0.1, 0.15) is 6.04 Å². The number of rotatable bonds is 6. The van der Waals surface area contributed by atoms with Crippen LogP contribution in [-0.4, -0.2) is 42.9 Å². The van der Waals surface area contributed by atoms with Crippen LogP contribution in [0.3, 0.4) is 0 Å². The Balaban J connectivity index is 4.11. The third-order valence-corrected chi connectivity index (χ3v) is 2.12. The predicted octanol–water partition coefficient (Wildman–Crippen LogP) is 0.821. The van der Waals surface area contributed by atoms with E-state index in [1.165, 1.54) is 0 Å². The molecule has 0 aromatic carbocycles. The molecule has 0 fully saturated rings. The average Bonchev–Trinajstić information content (AvgIpc) is 2.19. The molecule has 0 heterocycles. The molecule has 100 valence electrons. The van der Waals surface area contributed by atoms with Gasteiger partial charge < -0.3 is 20.5 Å². The van der Waals surface area contributed by atoms with Crippen LogP contribution in [0.1, 0.15) is 27.7 Å². The predicted molar refractivity (Wildman–Crippen MR) is 63.9 cm³/mol. The van der Waals surface area contributed by atoms with E-state index in [9.17, 15) is 9.59 Å². The van der Waals surface area contributed by atoms with Crippen LogP contribution in [0.15, 0.2) is 0 Å². The largest absolute Gasteiger partial charge is 0.480 e. The second kappa shape index (κ2) is 7.11. The Kier molecular flexibility index (Phi) is 6.57. The monoisotopic (exact) mass is 246 g/mol. The minimum atomic E-state index is -1.04. The van der Waals surface area contributed by atoms with Crippen molar-refractivity contribution in [3.05, 3.63) is 0 Å². The van der Waals surface area contributed by atoms with Crippen LogP contribution in [-0.2, 0) is 9.53 Å². The van der Waals surface area contributed by atoms with Gasteiger partial charge in [-0.25, -0.2) is 9.59 Å². The Labute approximate surface area is 102 Å². The molecular weight excluding hydrogens is 224 g/mol. The quantitative estimate of drug-likeness (QED) is 0.605. The molecule has 0 aromatic rings. The first-order chi connectivity index (χ1) is 7.79. The number of ether oxygens (including phenoxy) is 1. The van der Waals surface area contributed by atoms with E-state index in [1.807, 2.05) is 6.92 Å². The zero-order chi connectivity index (χ0) is 13.5. The Morgan fingerprint density at radius 2 is 1.94 bits per heavy atom. The van der Waals surface area contributed by atoms with Crippen LogP contribution < -0.4 is 10.6 Å². The van der Waals surface area contributed by atoms with Crippen LogP contribution in [0.5, 0.6) is 0 Å². The number of amides is 2. The highest BCUT2D eigenvalue weighted by Crippen LogP contribution is 2.19. The number of urea groups is 1. The number of hydrogen-bond acceptors (Lipinski definition) is 3. The highest BCUT2D eigenvalue weighted by molar-refractivity contribution is 5.83. The third-order valence-electron chi connectivity index (χ3n) is 2.12. The van der Waals surface area contributed by atoms with Crippen LogP contribution in [0.25, 0.3) is 0 Å². The molecule has 0 spiro atoms. The summed E-state index contributed by atoms with van der Waals surface area (Å²) in [5.74, 6) is -1.04. The average molecular weight is 246 g/mol. The molecule has 6 nitrogen and oxygen atoms in total. The lowest BCUT2D eigenvalue weighted by atomic mass is 9.87. The van der Waals surface area contributed by atoms with E-state index in [4.69, 9.17) is 9.84 Å². The summed E-state index contributed by atoms with van der Waals surface area (Å²) in [6.07, 6.45) is 0. The number of carboxylic acid groups (broad SMARTS) is 1. The second-order valence-corrected chi connectivity index (χ2v) is 4.73. The molecule has 0 rings (SSSR count). The minimum Gasteiger partial charge on any atom is -0.480 e. The van der Waals surface area contributed by atoms with Gasteiger partial charge in [0.25, 0.3) is 0 Å². The molecule has 0 aliphatic rings. The molecular formula is C11H22N2O4. The third kappa shape index (κ3) is 6.78. The first-order valence-corrected chi connectivity index (χ1v) is 5.64. The fraction of sp³-hybridized carbons (Fsp3) is 0.818. The lowest BCUT2D eigenvalue weighted by Crippen LogP contribution is -2.52. The molecule has 1 unspecified atom stereocenters. The molecule has 0 aromatic heterocycles. The zero-order valence-electron chi connectivity index (χ0n) is 10.9. The fourth-order valence-corrected chi connectivity index (χ4v) is 1.21. The van der Waals surface area contributed by atoms with Crippen LogP contribution >= 0.6 is 0 Å².